The lowest BCUT2D eigenvalue weighted by atomic mass is 9.95. The van der Waals surface area contributed by atoms with Crippen molar-refractivity contribution < 1.29 is 13.6 Å². The second kappa shape index (κ2) is 9.08. The molecule has 1 N–H and O–H groups in total. The molecule has 1 atom stereocenters. The lowest BCUT2D eigenvalue weighted by Gasteiger charge is -2.31. The molecule has 8 nitrogen and oxygen atoms in total. The number of halogens is 2. The Morgan fingerprint density at radius 1 is 1.24 bits per heavy atom. The number of nitrogens with one attached hydrogen (secondary N) is 1. The number of nitrogens with zero attached hydrogens (tertiary/aromatic N) is 6. The minimum atomic E-state index is -2.34. The van der Waals surface area contributed by atoms with Gasteiger partial charge in [-0.3, -0.25) is 9.79 Å². The molecule has 1 saturated heterocycles. The second-order valence-corrected chi connectivity index (χ2v) is 8.94. The lowest BCUT2D eigenvalue weighted by molar-refractivity contribution is -0.129. The molecule has 1 unspecified atom stereocenters. The molecule has 5 rings (SSSR count). The van der Waals surface area contributed by atoms with Gasteiger partial charge in [-0.15, -0.1) is 5.10 Å². The fraction of sp³-hybridized carbons (Fsp3) is 0.458. The van der Waals surface area contributed by atoms with Gasteiger partial charge in [-0.25, -0.2) is 23.3 Å². The van der Waals surface area contributed by atoms with Crippen molar-refractivity contribution in [2.45, 2.75) is 57.9 Å². The molecule has 3 aromatic rings. The molecule has 2 aliphatic heterocycles. The van der Waals surface area contributed by atoms with Crippen LogP contribution >= 0.6 is 0 Å². The van der Waals surface area contributed by atoms with Crippen molar-refractivity contribution in [2.24, 2.45) is 4.99 Å². The summed E-state index contributed by atoms with van der Waals surface area (Å²) in [6.45, 7) is 4.93. The van der Waals surface area contributed by atoms with E-state index < -0.39 is 6.43 Å². The third-order valence-corrected chi connectivity index (χ3v) is 6.67. The fourth-order valence-electron chi connectivity index (χ4n) is 4.78. The average Bonchev–Trinajstić information content (AvgIpc) is 3.37. The zero-order chi connectivity index (χ0) is 23.8. The zero-order valence-corrected chi connectivity index (χ0v) is 19.2. The molecule has 0 bridgehead atoms. The number of carbonyl (C=O) groups excluding carboxylic acids is 1. The molecule has 2 aliphatic rings. The van der Waals surface area contributed by atoms with Gasteiger partial charge in [-0.2, -0.15) is 0 Å². The molecule has 0 spiro atoms. The van der Waals surface area contributed by atoms with Crippen molar-refractivity contribution in [1.82, 2.24) is 24.5 Å². The Bertz CT molecular complexity index is 1250. The van der Waals surface area contributed by atoms with E-state index in [1.54, 1.807) is 17.6 Å². The number of fused-ring (bicyclic) bond motifs is 2. The molecular weight excluding hydrogens is 440 g/mol. The highest BCUT2D eigenvalue weighted by atomic mass is 19.3. The van der Waals surface area contributed by atoms with Crippen molar-refractivity contribution in [2.75, 3.05) is 18.4 Å². The zero-order valence-electron chi connectivity index (χ0n) is 19.2. The highest BCUT2D eigenvalue weighted by Gasteiger charge is 2.28. The van der Waals surface area contributed by atoms with Gasteiger partial charge in [0.15, 0.2) is 0 Å². The van der Waals surface area contributed by atoms with E-state index in [1.165, 1.54) is 0 Å². The Labute approximate surface area is 196 Å². The lowest BCUT2D eigenvalue weighted by Crippen LogP contribution is -2.41. The molecule has 5 heterocycles. The van der Waals surface area contributed by atoms with Gasteiger partial charge < -0.3 is 10.2 Å². The Balaban J connectivity index is 1.34. The van der Waals surface area contributed by atoms with Crippen molar-refractivity contribution in [3.63, 3.8) is 0 Å². The maximum Gasteiger partial charge on any atom is 0.241 e. The third-order valence-electron chi connectivity index (χ3n) is 6.67. The summed E-state index contributed by atoms with van der Waals surface area (Å²) in [5.74, 6) is 0.464. The van der Waals surface area contributed by atoms with Crippen LogP contribution in [0.25, 0.3) is 16.8 Å². The van der Waals surface area contributed by atoms with Crippen LogP contribution in [0.3, 0.4) is 0 Å². The number of aliphatic imine (C=N–C) groups is 1. The fourth-order valence-corrected chi connectivity index (χ4v) is 4.78. The Kier molecular flexibility index (Phi) is 5.97. The number of alkyl halides is 2. The highest BCUT2D eigenvalue weighted by molar-refractivity contribution is 5.96. The maximum atomic E-state index is 12.8. The summed E-state index contributed by atoms with van der Waals surface area (Å²) in [7, 11) is 0. The molecule has 0 radical (unpaired) electrons. The summed E-state index contributed by atoms with van der Waals surface area (Å²) < 4.78 is 27.4. The van der Waals surface area contributed by atoms with Crippen LogP contribution in [-0.4, -0.2) is 61.7 Å². The van der Waals surface area contributed by atoms with Gasteiger partial charge in [-0.1, -0.05) is 0 Å². The van der Waals surface area contributed by atoms with Crippen LogP contribution in [-0.2, 0) is 4.79 Å². The van der Waals surface area contributed by atoms with Crippen LogP contribution < -0.4 is 5.32 Å². The van der Waals surface area contributed by atoms with Crippen LogP contribution in [0.1, 0.15) is 51.1 Å². The normalized spacial score (nSPS) is 18.4. The molecule has 3 aromatic heterocycles. The summed E-state index contributed by atoms with van der Waals surface area (Å²) in [6.07, 6.45) is 3.15. The quantitative estimate of drug-likeness (QED) is 0.579. The molecule has 0 aromatic carbocycles. The molecule has 1 amide bonds. The summed E-state index contributed by atoms with van der Waals surface area (Å²) in [4.78, 5) is 27.2. The molecule has 10 heteroatoms. The number of hydrogen-bond donors (Lipinski definition) is 1. The van der Waals surface area contributed by atoms with E-state index in [-0.39, 0.29) is 24.3 Å². The Hall–Kier alpha value is -3.43. The van der Waals surface area contributed by atoms with Crippen LogP contribution in [0.2, 0.25) is 0 Å². The van der Waals surface area contributed by atoms with E-state index >= 15 is 0 Å². The molecule has 0 saturated carbocycles. The number of likely N-dealkylation sites (tertiary alicyclic amines) is 1. The first kappa shape index (κ1) is 22.4. The van der Waals surface area contributed by atoms with Crippen LogP contribution in [0.4, 0.5) is 20.4 Å². The number of piperidine rings is 1. The summed E-state index contributed by atoms with van der Waals surface area (Å²) in [6, 6.07) is 5.95. The molecule has 1 fully saturated rings. The number of rotatable bonds is 6. The van der Waals surface area contributed by atoms with Gasteiger partial charge >= 0.3 is 0 Å². The molecule has 34 heavy (non-hydrogen) atoms. The second-order valence-electron chi connectivity index (χ2n) is 8.94. The van der Waals surface area contributed by atoms with E-state index in [0.717, 1.165) is 59.8 Å². The smallest absolute Gasteiger partial charge is 0.241 e. The van der Waals surface area contributed by atoms with E-state index in [4.69, 9.17) is 4.98 Å². The van der Waals surface area contributed by atoms with Gasteiger partial charge in [0.1, 0.15) is 0 Å². The topological polar surface area (TPSA) is 87.8 Å². The maximum absolute atomic E-state index is 12.8. The standard InChI is InChI=1S/C24H27F2N7O/c1-14-17(3-6-22(25)26)23-20(28-14)5-4-19(30-23)18-9-12-33-21(18)13-27-24(31-33)29-16-7-10-32(11-8-16)15(2)34/h4-5,9,12-13,16-17,22H,3,6-8,10-11H2,1-2H3,(H,29,31). The van der Waals surface area contributed by atoms with E-state index in [1.807, 2.05) is 36.2 Å². The monoisotopic (exact) mass is 467 g/mol. The van der Waals surface area contributed by atoms with E-state index in [2.05, 4.69) is 20.4 Å². The van der Waals surface area contributed by atoms with Crippen LogP contribution in [0, 0.1) is 0 Å². The summed E-state index contributed by atoms with van der Waals surface area (Å²) >= 11 is 0. The summed E-state index contributed by atoms with van der Waals surface area (Å²) in [5, 5.41) is 7.97. The van der Waals surface area contributed by atoms with Crippen LogP contribution in [0.15, 0.2) is 35.6 Å². The largest absolute Gasteiger partial charge is 0.350 e. The third kappa shape index (κ3) is 4.36. The van der Waals surface area contributed by atoms with Gasteiger partial charge in [0.25, 0.3) is 0 Å². The van der Waals surface area contributed by atoms with Crippen LogP contribution in [0.5, 0.6) is 0 Å². The molecular formula is C24H27F2N7O. The van der Waals surface area contributed by atoms with Gasteiger partial charge in [0.05, 0.1) is 28.8 Å². The number of amides is 1. The minimum Gasteiger partial charge on any atom is -0.350 e. The first-order chi connectivity index (χ1) is 16.4. The predicted molar refractivity (Wildman–Crippen MR) is 126 cm³/mol. The number of aromatic nitrogens is 4. The average molecular weight is 468 g/mol. The number of anilines is 1. The van der Waals surface area contributed by atoms with Gasteiger partial charge in [0.2, 0.25) is 18.3 Å². The molecule has 178 valence electrons. The van der Waals surface area contributed by atoms with E-state index in [9.17, 15) is 13.6 Å². The summed E-state index contributed by atoms with van der Waals surface area (Å²) in [5.41, 5.74) is 4.77. The number of carbonyl (C=O) groups is 1. The van der Waals surface area contributed by atoms with Crippen molar-refractivity contribution in [3.05, 3.63) is 36.3 Å². The van der Waals surface area contributed by atoms with Gasteiger partial charge in [0, 0.05) is 55.9 Å². The van der Waals surface area contributed by atoms with Crippen molar-refractivity contribution in [3.8, 4) is 11.3 Å². The number of pyridine rings is 1. The van der Waals surface area contributed by atoms with Gasteiger partial charge in [-0.05, 0) is 44.4 Å². The first-order valence-corrected chi connectivity index (χ1v) is 11.6. The van der Waals surface area contributed by atoms with Crippen molar-refractivity contribution in [1.29, 1.82) is 0 Å². The predicted octanol–water partition coefficient (Wildman–Crippen LogP) is 4.45. The van der Waals surface area contributed by atoms with E-state index in [0.29, 0.717) is 12.4 Å². The SMILES string of the molecule is CC(=O)N1CCC(Nc2ncc3c(-c4ccc5c(n4)C(CCC(F)F)C(C)=N5)ccn3n2)CC1. The Morgan fingerprint density at radius 3 is 2.76 bits per heavy atom. The Morgan fingerprint density at radius 2 is 2.03 bits per heavy atom. The first-order valence-electron chi connectivity index (χ1n) is 11.6. The highest BCUT2D eigenvalue weighted by Crippen LogP contribution is 2.39. The number of hydrogen-bond acceptors (Lipinski definition) is 6. The molecule has 0 aliphatic carbocycles. The van der Waals surface area contributed by atoms with Crippen molar-refractivity contribution >= 4 is 28.8 Å². The minimum absolute atomic E-state index is 0.109.